The lowest BCUT2D eigenvalue weighted by molar-refractivity contribution is -0.126. The van der Waals surface area contributed by atoms with Gasteiger partial charge in [-0.1, -0.05) is 31.7 Å². The first-order valence-electron chi connectivity index (χ1n) is 4.84. The van der Waals surface area contributed by atoms with Crippen LogP contribution in [0.1, 0.15) is 20.3 Å². The van der Waals surface area contributed by atoms with Crippen LogP contribution in [-0.2, 0) is 4.79 Å². The van der Waals surface area contributed by atoms with Gasteiger partial charge in [0.15, 0.2) is 0 Å². The molecule has 0 spiro atoms. The van der Waals surface area contributed by atoms with E-state index < -0.39 is 0 Å². The van der Waals surface area contributed by atoms with Gasteiger partial charge < -0.3 is 4.90 Å². The summed E-state index contributed by atoms with van der Waals surface area (Å²) in [6.07, 6.45) is 6.75. The Hall–Kier alpha value is -1.31. The number of hydrogen-bond acceptors (Lipinski definition) is 1. The second-order valence-corrected chi connectivity index (χ2v) is 3.16. The predicted octanol–water partition coefficient (Wildman–Crippen LogP) is 2.54. The Morgan fingerprint density at radius 3 is 2.43 bits per heavy atom. The number of allylic oxidation sites excluding steroid dienone is 1. The molecule has 0 N–H and O–H groups in total. The zero-order valence-corrected chi connectivity index (χ0v) is 9.12. The van der Waals surface area contributed by atoms with E-state index in [1.165, 1.54) is 0 Å². The second-order valence-electron chi connectivity index (χ2n) is 3.16. The first-order chi connectivity index (χ1) is 6.63. The fraction of sp³-hybridized carbons (Fsp3) is 0.417. The van der Waals surface area contributed by atoms with Crippen LogP contribution in [0, 0.1) is 0 Å². The summed E-state index contributed by atoms with van der Waals surface area (Å²) in [5, 5.41) is 0. The smallest absolute Gasteiger partial charge is 0.249 e. The molecule has 1 amide bonds. The maximum atomic E-state index is 11.6. The van der Waals surface area contributed by atoms with Crippen molar-refractivity contribution in [2.75, 3.05) is 13.1 Å². The van der Waals surface area contributed by atoms with Crippen molar-refractivity contribution in [3.63, 3.8) is 0 Å². The number of carbonyl (C=O) groups is 1. The van der Waals surface area contributed by atoms with Crippen molar-refractivity contribution in [1.29, 1.82) is 0 Å². The maximum absolute atomic E-state index is 11.6. The topological polar surface area (TPSA) is 20.3 Å². The van der Waals surface area contributed by atoms with Crippen molar-refractivity contribution in [2.24, 2.45) is 0 Å². The molecule has 0 atom stereocenters. The van der Waals surface area contributed by atoms with E-state index in [0.29, 0.717) is 18.7 Å². The normalized spacial score (nSPS) is 10.1. The third-order valence-electron chi connectivity index (χ3n) is 1.73. The van der Waals surface area contributed by atoms with Crippen LogP contribution in [0.3, 0.4) is 0 Å². The Kier molecular flexibility index (Phi) is 6.46. The van der Waals surface area contributed by atoms with E-state index in [-0.39, 0.29) is 5.91 Å². The summed E-state index contributed by atoms with van der Waals surface area (Å²) in [5.74, 6) is -0.00865. The van der Waals surface area contributed by atoms with Crippen molar-refractivity contribution >= 4 is 5.91 Å². The summed E-state index contributed by atoms with van der Waals surface area (Å²) in [7, 11) is 0. The molecule has 0 unspecified atom stereocenters. The Morgan fingerprint density at radius 2 is 2.00 bits per heavy atom. The van der Waals surface area contributed by atoms with E-state index in [1.807, 2.05) is 12.2 Å². The highest BCUT2D eigenvalue weighted by molar-refractivity contribution is 5.92. The quantitative estimate of drug-likeness (QED) is 0.469. The molecule has 0 fully saturated rings. The lowest BCUT2D eigenvalue weighted by Gasteiger charge is -2.19. The van der Waals surface area contributed by atoms with Gasteiger partial charge in [0.1, 0.15) is 0 Å². The molecule has 2 nitrogen and oxygen atoms in total. The van der Waals surface area contributed by atoms with Crippen LogP contribution >= 0.6 is 0 Å². The van der Waals surface area contributed by atoms with Crippen LogP contribution in [0.25, 0.3) is 0 Å². The SMILES string of the molecule is C=CCN(C/C=C/CC)C(=O)C(=C)C. The molecule has 0 heterocycles. The molecule has 0 rings (SSSR count). The van der Waals surface area contributed by atoms with Crippen LogP contribution in [0.5, 0.6) is 0 Å². The number of amides is 1. The summed E-state index contributed by atoms with van der Waals surface area (Å²) in [6.45, 7) is 12.2. The zero-order valence-electron chi connectivity index (χ0n) is 9.12. The van der Waals surface area contributed by atoms with Crippen molar-refractivity contribution in [3.05, 3.63) is 37.0 Å². The Labute approximate surface area is 86.6 Å². The molecule has 0 saturated heterocycles. The molecular formula is C12H19NO. The van der Waals surface area contributed by atoms with Gasteiger partial charge in [0.05, 0.1) is 0 Å². The largest absolute Gasteiger partial charge is 0.332 e. The fourth-order valence-corrected chi connectivity index (χ4v) is 1.03. The van der Waals surface area contributed by atoms with Gasteiger partial charge in [0.25, 0.3) is 0 Å². The van der Waals surface area contributed by atoms with Gasteiger partial charge in [-0.25, -0.2) is 0 Å². The van der Waals surface area contributed by atoms with Gasteiger partial charge in [-0.2, -0.15) is 0 Å². The Morgan fingerprint density at radius 1 is 1.36 bits per heavy atom. The molecule has 0 aliphatic carbocycles. The van der Waals surface area contributed by atoms with Gasteiger partial charge in [0.2, 0.25) is 5.91 Å². The van der Waals surface area contributed by atoms with E-state index in [9.17, 15) is 4.79 Å². The Bertz CT molecular complexity index is 241. The highest BCUT2D eigenvalue weighted by Gasteiger charge is 2.10. The summed E-state index contributed by atoms with van der Waals surface area (Å²) in [5.41, 5.74) is 0.566. The molecule has 78 valence electrons. The Balaban J connectivity index is 4.27. The molecule has 0 aromatic carbocycles. The van der Waals surface area contributed by atoms with Crippen molar-refractivity contribution in [2.45, 2.75) is 20.3 Å². The first-order valence-corrected chi connectivity index (χ1v) is 4.84. The van der Waals surface area contributed by atoms with Crippen LogP contribution in [0.15, 0.2) is 37.0 Å². The molecular weight excluding hydrogens is 174 g/mol. The molecule has 0 aliphatic heterocycles. The monoisotopic (exact) mass is 193 g/mol. The summed E-state index contributed by atoms with van der Waals surface area (Å²) < 4.78 is 0. The van der Waals surface area contributed by atoms with E-state index in [1.54, 1.807) is 17.9 Å². The van der Waals surface area contributed by atoms with Gasteiger partial charge in [-0.3, -0.25) is 4.79 Å². The van der Waals surface area contributed by atoms with Crippen LogP contribution in [0.4, 0.5) is 0 Å². The van der Waals surface area contributed by atoms with Crippen LogP contribution < -0.4 is 0 Å². The van der Waals surface area contributed by atoms with Crippen molar-refractivity contribution in [1.82, 2.24) is 4.90 Å². The average Bonchev–Trinajstić information content (AvgIpc) is 2.15. The minimum Gasteiger partial charge on any atom is -0.332 e. The third-order valence-corrected chi connectivity index (χ3v) is 1.73. The molecule has 2 heteroatoms. The molecule has 0 radical (unpaired) electrons. The lowest BCUT2D eigenvalue weighted by Crippen LogP contribution is -2.31. The summed E-state index contributed by atoms with van der Waals surface area (Å²) >= 11 is 0. The number of rotatable bonds is 6. The van der Waals surface area contributed by atoms with Crippen molar-refractivity contribution in [3.8, 4) is 0 Å². The number of hydrogen-bond donors (Lipinski definition) is 0. The highest BCUT2D eigenvalue weighted by atomic mass is 16.2. The van der Waals surface area contributed by atoms with E-state index >= 15 is 0 Å². The predicted molar refractivity (Wildman–Crippen MR) is 61.0 cm³/mol. The fourth-order valence-electron chi connectivity index (χ4n) is 1.03. The number of carbonyl (C=O) groups excluding carboxylic acids is 1. The van der Waals surface area contributed by atoms with E-state index in [0.717, 1.165) is 6.42 Å². The lowest BCUT2D eigenvalue weighted by atomic mass is 10.3. The van der Waals surface area contributed by atoms with Crippen molar-refractivity contribution < 1.29 is 4.79 Å². The highest BCUT2D eigenvalue weighted by Crippen LogP contribution is 1.99. The molecule has 0 saturated carbocycles. The second kappa shape index (κ2) is 7.13. The van der Waals surface area contributed by atoms with Gasteiger partial charge in [0, 0.05) is 18.7 Å². The summed E-state index contributed by atoms with van der Waals surface area (Å²) in [4.78, 5) is 13.3. The average molecular weight is 193 g/mol. The minimum absolute atomic E-state index is 0.00865. The minimum atomic E-state index is -0.00865. The molecule has 0 aromatic rings. The van der Waals surface area contributed by atoms with Crippen LogP contribution in [0.2, 0.25) is 0 Å². The van der Waals surface area contributed by atoms with Crippen LogP contribution in [-0.4, -0.2) is 23.9 Å². The molecule has 0 aromatic heterocycles. The van der Waals surface area contributed by atoms with E-state index in [4.69, 9.17) is 0 Å². The maximum Gasteiger partial charge on any atom is 0.249 e. The molecule has 0 bridgehead atoms. The van der Waals surface area contributed by atoms with Gasteiger partial charge in [-0.15, -0.1) is 6.58 Å². The third kappa shape index (κ3) is 4.65. The van der Waals surface area contributed by atoms with E-state index in [2.05, 4.69) is 20.1 Å². The van der Waals surface area contributed by atoms with Gasteiger partial charge >= 0.3 is 0 Å². The zero-order chi connectivity index (χ0) is 11.0. The molecule has 14 heavy (non-hydrogen) atoms. The molecule has 0 aliphatic rings. The van der Waals surface area contributed by atoms with Gasteiger partial charge in [-0.05, 0) is 13.3 Å². The number of nitrogens with zero attached hydrogens (tertiary/aromatic N) is 1. The first kappa shape index (κ1) is 12.7. The standard InChI is InChI=1S/C12H19NO/c1-5-7-8-10-13(9-6-2)12(14)11(3)4/h6-8H,2-3,5,9-10H2,1,4H3/b8-7+. The summed E-state index contributed by atoms with van der Waals surface area (Å²) in [6, 6.07) is 0.